The van der Waals surface area contributed by atoms with E-state index in [9.17, 15) is 14.4 Å². The van der Waals surface area contributed by atoms with Gasteiger partial charge in [0.2, 0.25) is 0 Å². The summed E-state index contributed by atoms with van der Waals surface area (Å²) in [6.07, 6.45) is 1.81. The minimum absolute atomic E-state index is 0.112. The van der Waals surface area contributed by atoms with Crippen molar-refractivity contribution in [2.75, 3.05) is 13.1 Å². The number of primary amides is 1. The van der Waals surface area contributed by atoms with Crippen molar-refractivity contribution in [1.29, 1.82) is 5.41 Å². The number of hydrogen-bond donors (Lipinski definition) is 9. The Bertz CT molecular complexity index is 381. The van der Waals surface area contributed by atoms with Crippen LogP contribution in [0.5, 0.6) is 0 Å². The van der Waals surface area contributed by atoms with E-state index in [1.165, 1.54) is 0 Å². The number of carbonyl (C=O) groups excluding carboxylic acids is 1. The van der Waals surface area contributed by atoms with Crippen LogP contribution in [0, 0.1) is 5.41 Å². The number of nitrogens with one attached hydrogen (secondary N) is 3. The molecule has 24 heavy (non-hydrogen) atoms. The van der Waals surface area contributed by atoms with Gasteiger partial charge in [-0.1, -0.05) is 0 Å². The number of nitrogens with two attached hydrogens (primary N) is 4. The molecule has 0 fully saturated rings. The smallest absolute Gasteiger partial charge is 0.320 e. The number of carboxylic acid groups (broad SMARTS) is 2. The number of guanidine groups is 1. The van der Waals surface area contributed by atoms with Gasteiger partial charge in [0.1, 0.15) is 12.1 Å². The van der Waals surface area contributed by atoms with Crippen molar-refractivity contribution >= 4 is 23.9 Å². The number of amides is 2. The Morgan fingerprint density at radius 3 is 1.54 bits per heavy atom. The summed E-state index contributed by atoms with van der Waals surface area (Å²) < 4.78 is 0. The van der Waals surface area contributed by atoms with E-state index in [1.54, 1.807) is 0 Å². The van der Waals surface area contributed by atoms with Crippen LogP contribution < -0.4 is 33.6 Å². The zero-order chi connectivity index (χ0) is 19.1. The maximum absolute atomic E-state index is 10.2. The average Bonchev–Trinajstić information content (AvgIpc) is 2.47. The lowest BCUT2D eigenvalue weighted by molar-refractivity contribution is -0.139. The van der Waals surface area contributed by atoms with Crippen molar-refractivity contribution in [3.63, 3.8) is 0 Å². The molecule has 0 saturated carbocycles. The van der Waals surface area contributed by atoms with Crippen LogP contribution in [-0.4, -0.2) is 59.3 Å². The first-order valence-electron chi connectivity index (χ1n) is 7.15. The van der Waals surface area contributed by atoms with Crippen LogP contribution in [0.1, 0.15) is 25.7 Å². The molecule has 0 spiro atoms. The molecule has 2 amide bonds. The summed E-state index contributed by atoms with van der Waals surface area (Å²) in [7, 11) is 0. The highest BCUT2D eigenvalue weighted by Gasteiger charge is 2.10. The molecule has 0 radical (unpaired) electrons. The van der Waals surface area contributed by atoms with Gasteiger partial charge in [-0.15, -0.1) is 0 Å². The highest BCUT2D eigenvalue weighted by Crippen LogP contribution is 1.93. The van der Waals surface area contributed by atoms with Gasteiger partial charge in [0.15, 0.2) is 5.96 Å². The summed E-state index contributed by atoms with van der Waals surface area (Å²) >= 11 is 0. The fourth-order valence-electron chi connectivity index (χ4n) is 1.33. The second-order valence-electron chi connectivity index (χ2n) is 4.81. The predicted molar refractivity (Wildman–Crippen MR) is 87.2 cm³/mol. The number of rotatable bonds is 10. The Hall–Kier alpha value is -2.60. The van der Waals surface area contributed by atoms with Crippen LogP contribution in [0.4, 0.5) is 4.79 Å². The summed E-state index contributed by atoms with van der Waals surface area (Å²) in [4.78, 5) is 30.5. The zero-order valence-electron chi connectivity index (χ0n) is 13.3. The van der Waals surface area contributed by atoms with Gasteiger partial charge in [-0.3, -0.25) is 15.0 Å². The molecule has 12 nitrogen and oxygen atoms in total. The van der Waals surface area contributed by atoms with E-state index in [-0.39, 0.29) is 5.96 Å². The summed E-state index contributed by atoms with van der Waals surface area (Å²) in [5.74, 6) is -2.15. The summed E-state index contributed by atoms with van der Waals surface area (Å²) in [6.45, 7) is 0.840. The van der Waals surface area contributed by atoms with Crippen LogP contribution in [-0.2, 0) is 9.59 Å². The highest BCUT2D eigenvalue weighted by atomic mass is 16.4. The molecular formula is C12H27N7O5. The number of urea groups is 1. The fraction of sp³-hybridized carbons (Fsp3) is 0.667. The number of carbonyl (C=O) groups is 3. The molecule has 0 unspecified atom stereocenters. The molecule has 0 bridgehead atoms. The number of hydrogen-bond acceptors (Lipinski definition) is 6. The second kappa shape index (κ2) is 14.0. The lowest BCUT2D eigenvalue weighted by Crippen LogP contribution is -2.34. The first kappa shape index (κ1) is 23.7. The van der Waals surface area contributed by atoms with Crippen LogP contribution in [0.3, 0.4) is 0 Å². The molecule has 0 aromatic carbocycles. The van der Waals surface area contributed by atoms with Crippen molar-refractivity contribution in [2.24, 2.45) is 22.9 Å². The summed E-state index contributed by atoms with van der Waals surface area (Å²) in [6, 6.07) is -2.29. The summed E-state index contributed by atoms with van der Waals surface area (Å²) in [5.41, 5.74) is 20.2. The van der Waals surface area contributed by atoms with Gasteiger partial charge >= 0.3 is 18.0 Å². The maximum atomic E-state index is 10.2. The Morgan fingerprint density at radius 1 is 0.875 bits per heavy atom. The Labute approximate surface area is 139 Å². The van der Waals surface area contributed by atoms with Gasteiger partial charge in [0.05, 0.1) is 0 Å². The van der Waals surface area contributed by atoms with Gasteiger partial charge in [0, 0.05) is 13.1 Å². The molecule has 13 N–H and O–H groups in total. The van der Waals surface area contributed by atoms with E-state index >= 15 is 0 Å². The van der Waals surface area contributed by atoms with Crippen LogP contribution in [0.25, 0.3) is 0 Å². The third-order valence-electron chi connectivity index (χ3n) is 2.63. The van der Waals surface area contributed by atoms with Crippen molar-refractivity contribution in [3.8, 4) is 0 Å². The van der Waals surface area contributed by atoms with Crippen LogP contribution >= 0.6 is 0 Å². The SMILES string of the molecule is N=C(N)NCCC[C@H](N)C(=O)O.NC(=O)NCCC[C@H](N)C(=O)O. The lowest BCUT2D eigenvalue weighted by atomic mass is 10.2. The Morgan fingerprint density at radius 2 is 1.25 bits per heavy atom. The topological polar surface area (TPSA) is 244 Å². The normalized spacial score (nSPS) is 12.1. The Kier molecular flexibility index (Phi) is 13.8. The van der Waals surface area contributed by atoms with Crippen molar-refractivity contribution in [1.82, 2.24) is 10.6 Å². The molecule has 140 valence electrons. The fourth-order valence-corrected chi connectivity index (χ4v) is 1.33. The molecule has 0 rings (SSSR count). The second-order valence-corrected chi connectivity index (χ2v) is 4.81. The van der Waals surface area contributed by atoms with Crippen LogP contribution in [0.15, 0.2) is 0 Å². The van der Waals surface area contributed by atoms with Crippen molar-refractivity contribution in [3.05, 3.63) is 0 Å². The van der Waals surface area contributed by atoms with E-state index in [1.807, 2.05) is 0 Å². The minimum Gasteiger partial charge on any atom is -0.480 e. The predicted octanol–water partition coefficient (Wildman–Crippen LogP) is -2.49. The van der Waals surface area contributed by atoms with E-state index in [4.69, 9.17) is 38.6 Å². The van der Waals surface area contributed by atoms with Gasteiger partial charge in [-0.05, 0) is 25.7 Å². The molecule has 0 saturated heterocycles. The maximum Gasteiger partial charge on any atom is 0.320 e. The zero-order valence-corrected chi connectivity index (χ0v) is 13.3. The van der Waals surface area contributed by atoms with Gasteiger partial charge in [-0.2, -0.15) is 0 Å². The third-order valence-corrected chi connectivity index (χ3v) is 2.63. The molecule has 0 aromatic rings. The molecule has 0 aliphatic heterocycles. The number of aliphatic carboxylic acids is 2. The Balaban J connectivity index is 0. The first-order chi connectivity index (χ1) is 11.1. The molecule has 0 aliphatic rings. The first-order valence-corrected chi connectivity index (χ1v) is 7.15. The van der Waals surface area contributed by atoms with Gasteiger partial charge in [-0.25, -0.2) is 4.79 Å². The molecule has 12 heteroatoms. The van der Waals surface area contributed by atoms with Crippen molar-refractivity contribution in [2.45, 2.75) is 37.8 Å². The van der Waals surface area contributed by atoms with Crippen molar-refractivity contribution < 1.29 is 24.6 Å². The van der Waals surface area contributed by atoms with E-state index in [0.29, 0.717) is 38.8 Å². The molecule has 0 aromatic heterocycles. The minimum atomic E-state index is -1.03. The van der Waals surface area contributed by atoms with Crippen LogP contribution in [0.2, 0.25) is 0 Å². The molecule has 0 aliphatic carbocycles. The monoisotopic (exact) mass is 349 g/mol. The average molecular weight is 349 g/mol. The van der Waals surface area contributed by atoms with Gasteiger partial charge < -0.3 is 43.8 Å². The summed E-state index contributed by atoms with van der Waals surface area (Å²) in [5, 5.41) is 28.4. The number of carboxylic acids is 2. The van der Waals surface area contributed by atoms with Gasteiger partial charge in [0.25, 0.3) is 0 Å². The van der Waals surface area contributed by atoms with E-state index < -0.39 is 30.1 Å². The largest absolute Gasteiger partial charge is 0.480 e. The van der Waals surface area contributed by atoms with E-state index in [0.717, 1.165) is 0 Å². The molecule has 2 atom stereocenters. The molecule has 0 heterocycles. The highest BCUT2D eigenvalue weighted by molar-refractivity contribution is 5.74. The molecular weight excluding hydrogens is 322 g/mol. The standard InChI is InChI=1S/C6H14N4O2.C6H13N3O3/c7-4(5(11)12)2-1-3-10-6(8)9;7-4(5(10)11)2-1-3-9-6(8)12/h4H,1-3,7H2,(H,11,12)(H4,8,9,10);4H,1-3,7H2,(H,10,11)(H3,8,9,12)/t2*4-/m00/s1. The van der Waals surface area contributed by atoms with E-state index in [2.05, 4.69) is 10.6 Å². The third kappa shape index (κ3) is 17.5. The quantitative estimate of drug-likeness (QED) is 0.115. The lowest BCUT2D eigenvalue weighted by Gasteiger charge is -2.06.